The predicted octanol–water partition coefficient (Wildman–Crippen LogP) is 3.46. The number of H-pyrrole nitrogens is 1. The Morgan fingerprint density at radius 2 is 1.97 bits per heavy atom. The van der Waals surface area contributed by atoms with Crippen LogP contribution in [0.3, 0.4) is 0 Å². The summed E-state index contributed by atoms with van der Waals surface area (Å²) >= 11 is 1.48. The largest absolute Gasteiger partial charge is 0.309 e. The van der Waals surface area contributed by atoms with E-state index >= 15 is 0 Å². The topological polar surface area (TPSA) is 101 Å². The molecule has 0 radical (unpaired) electrons. The van der Waals surface area contributed by atoms with Gasteiger partial charge in [0.05, 0.1) is 35.2 Å². The van der Waals surface area contributed by atoms with Crippen LogP contribution in [-0.4, -0.2) is 51.6 Å². The quantitative estimate of drug-likeness (QED) is 0.438. The van der Waals surface area contributed by atoms with Crippen molar-refractivity contribution >= 4 is 31.4 Å². The zero-order chi connectivity index (χ0) is 24.0. The van der Waals surface area contributed by atoms with Gasteiger partial charge < -0.3 is 4.98 Å². The number of aromatic nitrogens is 4. The standard InChI is InChI=1S/C24H27N5O3S2/c1-15-19(16(2)29(27-15)18-9-10-34(31,32)14-18)11-28(3)12-21-25-23(30)22-20(13-33-24(22)26-21)17-7-5-4-6-8-17/h4-8,13,18H,9-12,14H2,1-3H3,(H,25,26,30)/t18-/m1/s1. The molecule has 178 valence electrons. The first-order chi connectivity index (χ1) is 16.2. The third-order valence-corrected chi connectivity index (χ3v) is 9.08. The molecule has 1 N–H and O–H groups in total. The molecule has 1 saturated heterocycles. The molecule has 10 heteroatoms. The molecule has 0 unspecified atom stereocenters. The van der Waals surface area contributed by atoms with Gasteiger partial charge in [0.2, 0.25) is 0 Å². The van der Waals surface area contributed by atoms with Gasteiger partial charge >= 0.3 is 0 Å². The summed E-state index contributed by atoms with van der Waals surface area (Å²) in [5.74, 6) is 0.994. The number of aromatic amines is 1. The number of benzene rings is 1. The fourth-order valence-electron chi connectivity index (χ4n) is 4.73. The minimum atomic E-state index is -2.98. The van der Waals surface area contributed by atoms with Crippen LogP contribution in [0.25, 0.3) is 21.3 Å². The molecule has 0 saturated carbocycles. The van der Waals surface area contributed by atoms with Gasteiger partial charge in [-0.25, -0.2) is 13.4 Å². The van der Waals surface area contributed by atoms with Crippen LogP contribution in [0.15, 0.2) is 40.5 Å². The van der Waals surface area contributed by atoms with Crippen molar-refractivity contribution in [2.75, 3.05) is 18.6 Å². The first kappa shape index (κ1) is 22.9. The number of aryl methyl sites for hydroxylation is 1. The van der Waals surface area contributed by atoms with Gasteiger partial charge in [0.25, 0.3) is 5.56 Å². The van der Waals surface area contributed by atoms with Crippen LogP contribution in [0.5, 0.6) is 0 Å². The Bertz CT molecular complexity index is 1520. The van der Waals surface area contributed by atoms with E-state index in [9.17, 15) is 13.2 Å². The van der Waals surface area contributed by atoms with Crippen molar-refractivity contribution in [2.24, 2.45) is 0 Å². The van der Waals surface area contributed by atoms with Gasteiger partial charge in [-0.2, -0.15) is 5.10 Å². The van der Waals surface area contributed by atoms with Crippen LogP contribution in [0.4, 0.5) is 0 Å². The first-order valence-electron chi connectivity index (χ1n) is 11.2. The van der Waals surface area contributed by atoms with Crippen LogP contribution >= 0.6 is 11.3 Å². The lowest BCUT2D eigenvalue weighted by molar-refractivity contribution is 0.309. The molecular weight excluding hydrogens is 470 g/mol. The molecule has 4 aromatic rings. The Hall–Kier alpha value is -2.82. The fraction of sp³-hybridized carbons (Fsp3) is 0.375. The van der Waals surface area contributed by atoms with E-state index in [1.54, 1.807) is 0 Å². The summed E-state index contributed by atoms with van der Waals surface area (Å²) in [4.78, 5) is 23.4. The van der Waals surface area contributed by atoms with Crippen LogP contribution in [0, 0.1) is 13.8 Å². The summed E-state index contributed by atoms with van der Waals surface area (Å²) < 4.78 is 25.7. The third kappa shape index (κ3) is 4.33. The second-order valence-corrected chi connectivity index (χ2v) is 12.1. The molecule has 1 aliphatic rings. The molecule has 1 aromatic carbocycles. The van der Waals surface area contributed by atoms with E-state index in [2.05, 4.69) is 15.0 Å². The van der Waals surface area contributed by atoms with E-state index in [-0.39, 0.29) is 23.1 Å². The number of fused-ring (bicyclic) bond motifs is 1. The van der Waals surface area contributed by atoms with Gasteiger partial charge in [-0.1, -0.05) is 30.3 Å². The summed E-state index contributed by atoms with van der Waals surface area (Å²) in [5, 5.41) is 7.27. The SMILES string of the molecule is Cc1nn([C@@H]2CCS(=O)(=O)C2)c(C)c1CN(C)Cc1nc2scc(-c3ccccc3)c2c(=O)[nH]1. The maximum atomic E-state index is 12.9. The maximum Gasteiger partial charge on any atom is 0.260 e. The molecule has 1 atom stereocenters. The average Bonchev–Trinajstić information content (AvgIpc) is 3.46. The highest BCUT2D eigenvalue weighted by atomic mass is 32.2. The van der Waals surface area contributed by atoms with Gasteiger partial charge in [0.1, 0.15) is 10.7 Å². The van der Waals surface area contributed by atoms with E-state index in [0.717, 1.165) is 32.9 Å². The van der Waals surface area contributed by atoms with E-state index in [1.807, 2.05) is 61.3 Å². The van der Waals surface area contributed by atoms with E-state index < -0.39 is 9.84 Å². The number of sulfone groups is 1. The summed E-state index contributed by atoms with van der Waals surface area (Å²) in [6.45, 7) is 5.06. The minimum absolute atomic E-state index is 0.0965. The molecule has 5 rings (SSSR count). The lowest BCUT2D eigenvalue weighted by Crippen LogP contribution is -2.22. The highest BCUT2D eigenvalue weighted by Crippen LogP contribution is 2.31. The zero-order valence-corrected chi connectivity index (χ0v) is 21.0. The molecule has 0 bridgehead atoms. The van der Waals surface area contributed by atoms with Gasteiger partial charge in [-0.05, 0) is 32.9 Å². The Kier molecular flexibility index (Phi) is 5.91. The van der Waals surface area contributed by atoms with E-state index in [0.29, 0.717) is 30.7 Å². The summed E-state index contributed by atoms with van der Waals surface area (Å²) in [6, 6.07) is 9.77. The van der Waals surface area contributed by atoms with Gasteiger partial charge in [-0.15, -0.1) is 11.3 Å². The fourth-order valence-corrected chi connectivity index (χ4v) is 7.39. The van der Waals surface area contributed by atoms with Crippen molar-refractivity contribution in [2.45, 2.75) is 39.4 Å². The lowest BCUT2D eigenvalue weighted by atomic mass is 10.1. The molecular formula is C24H27N5O3S2. The molecule has 8 nitrogen and oxygen atoms in total. The van der Waals surface area contributed by atoms with E-state index in [4.69, 9.17) is 4.98 Å². The first-order valence-corrected chi connectivity index (χ1v) is 13.9. The molecule has 0 aliphatic carbocycles. The van der Waals surface area contributed by atoms with Crippen molar-refractivity contribution in [3.8, 4) is 11.1 Å². The Morgan fingerprint density at radius 3 is 2.68 bits per heavy atom. The van der Waals surface area contributed by atoms with Crippen LogP contribution in [-0.2, 0) is 22.9 Å². The summed E-state index contributed by atoms with van der Waals surface area (Å²) in [6.07, 6.45) is 0.608. The summed E-state index contributed by atoms with van der Waals surface area (Å²) in [5.41, 5.74) is 4.75. The predicted molar refractivity (Wildman–Crippen MR) is 135 cm³/mol. The Balaban J connectivity index is 1.36. The average molecular weight is 498 g/mol. The van der Waals surface area contributed by atoms with Gasteiger partial charge in [-0.3, -0.25) is 14.4 Å². The smallest absolute Gasteiger partial charge is 0.260 e. The van der Waals surface area contributed by atoms with Crippen molar-refractivity contribution in [3.63, 3.8) is 0 Å². The Morgan fingerprint density at radius 1 is 1.21 bits per heavy atom. The second kappa shape index (κ2) is 8.75. The van der Waals surface area contributed by atoms with Gasteiger partial charge in [0.15, 0.2) is 9.84 Å². The normalized spacial score (nSPS) is 17.7. The van der Waals surface area contributed by atoms with Crippen molar-refractivity contribution in [3.05, 3.63) is 68.8 Å². The Labute approximate surface area is 202 Å². The number of hydrogen-bond donors (Lipinski definition) is 1. The number of nitrogens with zero attached hydrogens (tertiary/aromatic N) is 4. The molecule has 4 heterocycles. The van der Waals surface area contributed by atoms with Crippen molar-refractivity contribution < 1.29 is 8.42 Å². The van der Waals surface area contributed by atoms with Crippen LogP contribution < -0.4 is 5.56 Å². The zero-order valence-electron chi connectivity index (χ0n) is 19.4. The molecule has 1 aliphatic heterocycles. The number of nitrogens with one attached hydrogen (secondary N) is 1. The van der Waals surface area contributed by atoms with Crippen molar-refractivity contribution in [1.29, 1.82) is 0 Å². The number of rotatable bonds is 6. The minimum Gasteiger partial charge on any atom is -0.309 e. The van der Waals surface area contributed by atoms with Crippen molar-refractivity contribution in [1.82, 2.24) is 24.6 Å². The van der Waals surface area contributed by atoms with Crippen LogP contribution in [0.1, 0.15) is 35.2 Å². The van der Waals surface area contributed by atoms with E-state index in [1.165, 1.54) is 11.3 Å². The highest BCUT2D eigenvalue weighted by Gasteiger charge is 2.31. The highest BCUT2D eigenvalue weighted by molar-refractivity contribution is 7.91. The lowest BCUT2D eigenvalue weighted by Gasteiger charge is -2.17. The van der Waals surface area contributed by atoms with Gasteiger partial charge in [0, 0.05) is 28.7 Å². The molecule has 34 heavy (non-hydrogen) atoms. The monoisotopic (exact) mass is 497 g/mol. The molecule has 3 aromatic heterocycles. The second-order valence-electron chi connectivity index (χ2n) is 9.03. The molecule has 0 amide bonds. The number of hydrogen-bond acceptors (Lipinski definition) is 7. The molecule has 0 spiro atoms. The van der Waals surface area contributed by atoms with Crippen LogP contribution in [0.2, 0.25) is 0 Å². The third-order valence-electron chi connectivity index (χ3n) is 6.45. The maximum absolute atomic E-state index is 12.9. The summed E-state index contributed by atoms with van der Waals surface area (Å²) in [7, 11) is -1.00. The molecule has 1 fully saturated rings. The number of thiophene rings is 1.